The highest BCUT2D eigenvalue weighted by atomic mass is 16.5. The number of carboxylic acids is 1. The Bertz CT molecular complexity index is 1060. The Morgan fingerprint density at radius 1 is 1.25 bits per heavy atom. The number of carbonyl (C=O) groups is 2. The molecule has 3 aromatic rings. The Labute approximate surface area is 161 Å². The van der Waals surface area contributed by atoms with Gasteiger partial charge in [0.15, 0.2) is 11.8 Å². The van der Waals surface area contributed by atoms with Gasteiger partial charge >= 0.3 is 5.97 Å². The first kappa shape index (κ1) is 18.1. The fourth-order valence-electron chi connectivity index (χ4n) is 3.52. The number of hydrogen-bond donors (Lipinski definition) is 1. The molecule has 28 heavy (non-hydrogen) atoms. The molecule has 2 aromatic heterocycles. The maximum atomic E-state index is 13.3. The quantitative estimate of drug-likeness (QED) is 0.745. The van der Waals surface area contributed by atoms with Crippen molar-refractivity contribution in [3.05, 3.63) is 47.7 Å². The number of amides is 1. The fourth-order valence-corrected chi connectivity index (χ4v) is 3.52. The molecule has 1 saturated heterocycles. The number of fused-ring (bicyclic) bond motifs is 1. The van der Waals surface area contributed by atoms with Crippen LogP contribution in [0.1, 0.15) is 16.1 Å². The normalized spacial score (nSPS) is 17.1. The van der Waals surface area contributed by atoms with Gasteiger partial charge in [-0.2, -0.15) is 5.10 Å². The van der Waals surface area contributed by atoms with Gasteiger partial charge in [-0.25, -0.2) is 9.78 Å². The maximum absolute atomic E-state index is 13.3. The van der Waals surface area contributed by atoms with Crippen LogP contribution in [0.4, 0.5) is 0 Å². The van der Waals surface area contributed by atoms with Crippen molar-refractivity contribution >= 4 is 22.9 Å². The van der Waals surface area contributed by atoms with Gasteiger partial charge in [-0.3, -0.25) is 9.48 Å². The zero-order valence-corrected chi connectivity index (χ0v) is 15.6. The molecule has 1 atom stereocenters. The Morgan fingerprint density at radius 2 is 2.00 bits per heavy atom. The summed E-state index contributed by atoms with van der Waals surface area (Å²) in [6.45, 7) is 2.38. The number of benzene rings is 1. The summed E-state index contributed by atoms with van der Waals surface area (Å²) in [7, 11) is 1.79. The lowest BCUT2D eigenvalue weighted by atomic mass is 10.0. The minimum Gasteiger partial charge on any atom is -0.479 e. The molecule has 1 aliphatic rings. The lowest BCUT2D eigenvalue weighted by Crippen LogP contribution is -2.48. The Hall–Kier alpha value is -3.26. The van der Waals surface area contributed by atoms with Crippen LogP contribution in [0, 0.1) is 6.92 Å². The Balaban J connectivity index is 1.83. The van der Waals surface area contributed by atoms with Gasteiger partial charge in [0, 0.05) is 19.2 Å². The van der Waals surface area contributed by atoms with Crippen molar-refractivity contribution in [1.82, 2.24) is 19.7 Å². The van der Waals surface area contributed by atoms with Crippen LogP contribution in [-0.4, -0.2) is 62.4 Å². The third kappa shape index (κ3) is 3.11. The van der Waals surface area contributed by atoms with Gasteiger partial charge in [-0.1, -0.05) is 30.3 Å². The zero-order chi connectivity index (χ0) is 19.8. The van der Waals surface area contributed by atoms with E-state index in [0.29, 0.717) is 34.5 Å². The molecular weight excluding hydrogens is 360 g/mol. The molecule has 1 aliphatic heterocycles. The predicted molar refractivity (Wildman–Crippen MR) is 102 cm³/mol. The molecule has 0 radical (unpaired) electrons. The number of aromatic nitrogens is 3. The summed E-state index contributed by atoms with van der Waals surface area (Å²) in [5.74, 6) is -1.31. The largest absolute Gasteiger partial charge is 0.479 e. The number of nitrogens with zero attached hydrogens (tertiary/aromatic N) is 4. The summed E-state index contributed by atoms with van der Waals surface area (Å²) in [4.78, 5) is 30.9. The van der Waals surface area contributed by atoms with E-state index in [1.165, 1.54) is 4.90 Å². The first-order valence-corrected chi connectivity index (χ1v) is 8.99. The van der Waals surface area contributed by atoms with Crippen molar-refractivity contribution in [3.8, 4) is 11.3 Å². The first-order valence-electron chi connectivity index (χ1n) is 8.99. The zero-order valence-electron chi connectivity index (χ0n) is 15.6. The highest BCUT2D eigenvalue weighted by molar-refractivity contribution is 6.07. The van der Waals surface area contributed by atoms with Crippen LogP contribution >= 0.6 is 0 Å². The topological polar surface area (TPSA) is 97.5 Å². The minimum atomic E-state index is -1.07. The van der Waals surface area contributed by atoms with Crippen molar-refractivity contribution in [2.45, 2.75) is 13.0 Å². The summed E-state index contributed by atoms with van der Waals surface area (Å²) in [5, 5.41) is 14.3. The molecule has 8 heteroatoms. The van der Waals surface area contributed by atoms with Crippen molar-refractivity contribution < 1.29 is 19.4 Å². The minimum absolute atomic E-state index is 0.0119. The van der Waals surface area contributed by atoms with E-state index in [2.05, 4.69) is 5.10 Å². The fraction of sp³-hybridized carbons (Fsp3) is 0.300. The van der Waals surface area contributed by atoms with Gasteiger partial charge in [0.05, 0.1) is 35.5 Å². The number of pyridine rings is 1. The average molecular weight is 380 g/mol. The van der Waals surface area contributed by atoms with E-state index < -0.39 is 12.1 Å². The van der Waals surface area contributed by atoms with Gasteiger partial charge in [-0.15, -0.1) is 0 Å². The molecule has 0 unspecified atom stereocenters. The number of ether oxygens (including phenoxy) is 1. The van der Waals surface area contributed by atoms with Gasteiger partial charge in [0.1, 0.15) is 0 Å². The van der Waals surface area contributed by atoms with Crippen LogP contribution in [0.5, 0.6) is 0 Å². The number of hydrogen-bond acceptors (Lipinski definition) is 5. The first-order chi connectivity index (χ1) is 13.5. The summed E-state index contributed by atoms with van der Waals surface area (Å²) in [6, 6.07) is 11.4. The molecule has 8 nitrogen and oxygen atoms in total. The summed E-state index contributed by atoms with van der Waals surface area (Å²) < 4.78 is 6.90. The molecule has 0 saturated carbocycles. The van der Waals surface area contributed by atoms with E-state index >= 15 is 0 Å². The predicted octanol–water partition coefficient (Wildman–Crippen LogP) is 1.87. The molecule has 3 heterocycles. The summed E-state index contributed by atoms with van der Waals surface area (Å²) >= 11 is 0. The third-order valence-corrected chi connectivity index (χ3v) is 4.90. The van der Waals surface area contributed by atoms with E-state index in [9.17, 15) is 14.7 Å². The number of aliphatic carboxylic acids is 1. The Kier molecular flexibility index (Phi) is 4.56. The Morgan fingerprint density at radius 3 is 2.71 bits per heavy atom. The second-order valence-electron chi connectivity index (χ2n) is 6.78. The molecule has 1 N–H and O–H groups in total. The highest BCUT2D eigenvalue weighted by Crippen LogP contribution is 2.28. The second kappa shape index (κ2) is 7.05. The number of carboxylic acid groups (broad SMARTS) is 1. The van der Waals surface area contributed by atoms with Gasteiger partial charge < -0.3 is 14.7 Å². The molecule has 144 valence electrons. The van der Waals surface area contributed by atoms with E-state index in [1.807, 2.05) is 37.3 Å². The van der Waals surface area contributed by atoms with Crippen molar-refractivity contribution in [2.75, 3.05) is 19.7 Å². The third-order valence-electron chi connectivity index (χ3n) is 4.90. The van der Waals surface area contributed by atoms with Crippen LogP contribution in [0.2, 0.25) is 0 Å². The summed E-state index contributed by atoms with van der Waals surface area (Å²) in [6.07, 6.45) is -1.02. The lowest BCUT2D eigenvalue weighted by Gasteiger charge is -2.31. The maximum Gasteiger partial charge on any atom is 0.334 e. The molecule has 4 rings (SSSR count). The van der Waals surface area contributed by atoms with E-state index in [4.69, 9.17) is 9.72 Å². The molecule has 0 spiro atoms. The van der Waals surface area contributed by atoms with Crippen LogP contribution in [0.25, 0.3) is 22.3 Å². The van der Waals surface area contributed by atoms with Crippen molar-refractivity contribution in [1.29, 1.82) is 0 Å². The second-order valence-corrected chi connectivity index (χ2v) is 6.78. The van der Waals surface area contributed by atoms with E-state index in [-0.39, 0.29) is 19.1 Å². The SMILES string of the molecule is Cc1nn(C)c2nc(-c3ccccc3)cc(C(=O)N3CCO[C@H](C(=O)O)C3)c12. The smallest absolute Gasteiger partial charge is 0.334 e. The van der Waals surface area contributed by atoms with Gasteiger partial charge in [0.25, 0.3) is 5.91 Å². The number of rotatable bonds is 3. The number of carbonyl (C=O) groups excluding carboxylic acids is 1. The molecule has 0 aliphatic carbocycles. The standard InChI is InChI=1S/C20H20N4O4/c1-12-17-14(19(25)24-8-9-28-16(11-24)20(26)27)10-15(13-6-4-3-5-7-13)21-18(17)23(2)22-12/h3-7,10,16H,8-9,11H2,1-2H3,(H,26,27)/t16-/m0/s1. The average Bonchev–Trinajstić information content (AvgIpc) is 3.01. The van der Waals surface area contributed by atoms with E-state index in [0.717, 1.165) is 5.56 Å². The highest BCUT2D eigenvalue weighted by Gasteiger charge is 2.31. The van der Waals surface area contributed by atoms with Gasteiger partial charge in [-0.05, 0) is 13.0 Å². The molecular formula is C20H20N4O4. The molecule has 0 bridgehead atoms. The van der Waals surface area contributed by atoms with Crippen LogP contribution in [0.15, 0.2) is 36.4 Å². The molecule has 1 fully saturated rings. The molecule has 1 aromatic carbocycles. The monoisotopic (exact) mass is 380 g/mol. The number of aryl methyl sites for hydroxylation is 2. The van der Waals surface area contributed by atoms with Gasteiger partial charge in [0.2, 0.25) is 0 Å². The lowest BCUT2D eigenvalue weighted by molar-refractivity contribution is -0.154. The van der Waals surface area contributed by atoms with Crippen LogP contribution < -0.4 is 0 Å². The van der Waals surface area contributed by atoms with E-state index in [1.54, 1.807) is 17.8 Å². The van der Waals surface area contributed by atoms with Crippen molar-refractivity contribution in [2.24, 2.45) is 7.05 Å². The van der Waals surface area contributed by atoms with Crippen molar-refractivity contribution in [3.63, 3.8) is 0 Å². The summed E-state index contributed by atoms with van der Waals surface area (Å²) in [5.41, 5.74) is 3.35. The number of morpholine rings is 1. The van der Waals surface area contributed by atoms with Crippen LogP contribution in [-0.2, 0) is 16.6 Å². The van der Waals surface area contributed by atoms with Crippen LogP contribution in [0.3, 0.4) is 0 Å². The molecule has 1 amide bonds.